The van der Waals surface area contributed by atoms with Gasteiger partial charge in [0.05, 0.1) is 23.5 Å². The number of hydrogen-bond acceptors (Lipinski definition) is 5. The molecule has 2 unspecified atom stereocenters. The van der Waals surface area contributed by atoms with E-state index in [0.29, 0.717) is 29.3 Å². The molecule has 1 aromatic heterocycles. The molecule has 2 heterocycles. The molecule has 0 radical (unpaired) electrons. The van der Waals surface area contributed by atoms with Gasteiger partial charge in [0.2, 0.25) is 0 Å². The van der Waals surface area contributed by atoms with Gasteiger partial charge in [-0.15, -0.1) is 11.3 Å². The smallest absolute Gasteiger partial charge is 0.167 e. The largest absolute Gasteiger partial charge is 0.372 e. The molecule has 124 valence electrons. The number of ether oxygens (including phenoxy) is 1. The molecule has 2 aromatic rings. The number of anilines is 1. The number of carbonyl (C=O) groups excluding carboxylic acids is 1. The summed E-state index contributed by atoms with van der Waals surface area (Å²) in [6, 6.07) is 2.89. The Morgan fingerprint density at radius 2 is 2.08 bits per heavy atom. The summed E-state index contributed by atoms with van der Waals surface area (Å²) in [6.45, 7) is 5.17. The Morgan fingerprint density at radius 3 is 2.71 bits per heavy atom. The van der Waals surface area contributed by atoms with Crippen LogP contribution in [0.25, 0.3) is 0 Å². The summed E-state index contributed by atoms with van der Waals surface area (Å²) in [7, 11) is 0. The van der Waals surface area contributed by atoms with Crippen LogP contribution >= 0.6 is 11.3 Å². The van der Waals surface area contributed by atoms with Crippen LogP contribution in [0.3, 0.4) is 0 Å². The fraction of sp³-hybridized carbons (Fsp3) is 0.333. The van der Waals surface area contributed by atoms with E-state index in [9.17, 15) is 9.18 Å². The molecule has 24 heavy (non-hydrogen) atoms. The van der Waals surface area contributed by atoms with E-state index in [4.69, 9.17) is 4.74 Å². The number of benzene rings is 1. The van der Waals surface area contributed by atoms with Crippen LogP contribution in [-0.4, -0.2) is 36.6 Å². The first-order chi connectivity index (χ1) is 11.6. The summed E-state index contributed by atoms with van der Waals surface area (Å²) in [4.78, 5) is 17.5. The molecule has 1 aromatic carbocycles. The van der Waals surface area contributed by atoms with E-state index in [-0.39, 0.29) is 17.8 Å². The van der Waals surface area contributed by atoms with Gasteiger partial charge in [0.1, 0.15) is 5.82 Å². The van der Waals surface area contributed by atoms with Gasteiger partial charge in [0, 0.05) is 30.2 Å². The van der Waals surface area contributed by atoms with Crippen molar-refractivity contribution in [3.8, 4) is 11.8 Å². The summed E-state index contributed by atoms with van der Waals surface area (Å²) < 4.78 is 20.1. The van der Waals surface area contributed by atoms with E-state index < -0.39 is 5.82 Å². The van der Waals surface area contributed by atoms with Crippen molar-refractivity contribution >= 4 is 23.3 Å². The molecule has 1 fully saturated rings. The lowest BCUT2D eigenvalue weighted by Crippen LogP contribution is -2.45. The second kappa shape index (κ2) is 7.12. The van der Waals surface area contributed by atoms with Gasteiger partial charge in [0.25, 0.3) is 0 Å². The second-order valence-electron chi connectivity index (χ2n) is 5.76. The van der Waals surface area contributed by atoms with Crippen LogP contribution in [-0.2, 0) is 4.74 Å². The quantitative estimate of drug-likeness (QED) is 0.620. The van der Waals surface area contributed by atoms with Gasteiger partial charge in [-0.3, -0.25) is 4.79 Å². The summed E-state index contributed by atoms with van der Waals surface area (Å²) in [6.07, 6.45) is 2.45. The van der Waals surface area contributed by atoms with Crippen molar-refractivity contribution in [1.29, 1.82) is 0 Å². The van der Waals surface area contributed by atoms with E-state index in [1.807, 2.05) is 18.7 Å². The van der Waals surface area contributed by atoms with Crippen molar-refractivity contribution < 1.29 is 13.9 Å². The SMILES string of the molecule is CC1CN(c2cc(F)c(C#Cc3nccs3)cc2C=O)CC(C)O1. The minimum Gasteiger partial charge on any atom is -0.372 e. The molecule has 3 rings (SSSR count). The first kappa shape index (κ1) is 16.6. The molecule has 6 heteroatoms. The third kappa shape index (κ3) is 3.64. The number of aldehydes is 1. The van der Waals surface area contributed by atoms with E-state index in [0.717, 1.165) is 6.29 Å². The van der Waals surface area contributed by atoms with Crippen molar-refractivity contribution in [2.24, 2.45) is 0 Å². The summed E-state index contributed by atoms with van der Waals surface area (Å²) in [5.74, 6) is 5.13. The number of hydrogen-bond donors (Lipinski definition) is 0. The molecule has 0 bridgehead atoms. The summed E-state index contributed by atoms with van der Waals surface area (Å²) >= 11 is 1.39. The third-order valence-electron chi connectivity index (χ3n) is 3.74. The van der Waals surface area contributed by atoms with Crippen molar-refractivity contribution in [1.82, 2.24) is 4.98 Å². The Hall–Kier alpha value is -2.23. The second-order valence-corrected chi connectivity index (χ2v) is 6.65. The highest BCUT2D eigenvalue weighted by Crippen LogP contribution is 2.26. The zero-order valence-electron chi connectivity index (χ0n) is 13.5. The molecular formula is C18H17FN2O2S. The summed E-state index contributed by atoms with van der Waals surface area (Å²) in [5, 5.41) is 2.42. The Kier molecular flexibility index (Phi) is 4.93. The Bertz CT molecular complexity index is 785. The first-order valence-corrected chi connectivity index (χ1v) is 8.55. The van der Waals surface area contributed by atoms with E-state index in [2.05, 4.69) is 16.8 Å². The lowest BCUT2D eigenvalue weighted by molar-refractivity contribution is -0.00527. The van der Waals surface area contributed by atoms with Crippen molar-refractivity contribution in [2.75, 3.05) is 18.0 Å². The Morgan fingerprint density at radius 1 is 1.33 bits per heavy atom. The first-order valence-electron chi connectivity index (χ1n) is 7.67. The average molecular weight is 344 g/mol. The number of rotatable bonds is 2. The zero-order chi connectivity index (χ0) is 17.1. The number of carbonyl (C=O) groups is 1. The Labute approximate surface area is 144 Å². The highest BCUT2D eigenvalue weighted by molar-refractivity contribution is 7.10. The van der Waals surface area contributed by atoms with Crippen LogP contribution in [0, 0.1) is 17.7 Å². The van der Waals surface area contributed by atoms with Gasteiger partial charge in [-0.2, -0.15) is 0 Å². The lowest BCUT2D eigenvalue weighted by Gasteiger charge is -2.37. The third-order valence-corrected chi connectivity index (χ3v) is 4.43. The predicted molar refractivity (Wildman–Crippen MR) is 92.1 cm³/mol. The van der Waals surface area contributed by atoms with Crippen LogP contribution in [0.2, 0.25) is 0 Å². The maximum Gasteiger partial charge on any atom is 0.167 e. The molecule has 1 aliphatic heterocycles. The topological polar surface area (TPSA) is 42.4 Å². The standard InChI is InChI=1S/C18H17FN2O2S/c1-12-9-21(10-13(2)23-12)17-8-16(19)14(7-15(17)11-22)3-4-18-20-5-6-24-18/h5-8,11-13H,9-10H2,1-2H3. The molecule has 0 amide bonds. The number of nitrogens with zero attached hydrogens (tertiary/aromatic N) is 2. The average Bonchev–Trinajstić information content (AvgIpc) is 3.06. The molecular weight excluding hydrogens is 327 g/mol. The normalized spacial score (nSPS) is 20.4. The predicted octanol–water partition coefficient (Wildman–Crippen LogP) is 3.11. The highest BCUT2D eigenvalue weighted by Gasteiger charge is 2.24. The maximum atomic E-state index is 14.5. The Balaban J connectivity index is 1.94. The fourth-order valence-electron chi connectivity index (χ4n) is 2.82. The molecule has 2 atom stereocenters. The monoisotopic (exact) mass is 344 g/mol. The molecule has 0 N–H and O–H groups in total. The number of thiazole rings is 1. The molecule has 1 saturated heterocycles. The van der Waals surface area contributed by atoms with Gasteiger partial charge >= 0.3 is 0 Å². The molecule has 1 aliphatic rings. The minimum atomic E-state index is -0.438. The van der Waals surface area contributed by atoms with Gasteiger partial charge in [-0.25, -0.2) is 9.37 Å². The zero-order valence-corrected chi connectivity index (χ0v) is 14.3. The minimum absolute atomic E-state index is 0.0284. The van der Waals surface area contributed by atoms with Crippen molar-refractivity contribution in [3.63, 3.8) is 0 Å². The number of aromatic nitrogens is 1. The fourth-order valence-corrected chi connectivity index (χ4v) is 3.31. The van der Waals surface area contributed by atoms with Crippen molar-refractivity contribution in [3.05, 3.63) is 45.7 Å². The number of halogens is 1. The van der Waals surface area contributed by atoms with E-state index in [1.54, 1.807) is 11.6 Å². The van der Waals surface area contributed by atoms with Crippen LogP contribution in [0.15, 0.2) is 23.7 Å². The summed E-state index contributed by atoms with van der Waals surface area (Å²) in [5.41, 5.74) is 1.22. The van der Waals surface area contributed by atoms with Crippen LogP contribution < -0.4 is 4.90 Å². The van der Waals surface area contributed by atoms with E-state index in [1.165, 1.54) is 23.5 Å². The highest BCUT2D eigenvalue weighted by atomic mass is 32.1. The lowest BCUT2D eigenvalue weighted by atomic mass is 10.1. The van der Waals surface area contributed by atoms with Crippen LogP contribution in [0.4, 0.5) is 10.1 Å². The van der Waals surface area contributed by atoms with E-state index >= 15 is 0 Å². The van der Waals surface area contributed by atoms with Gasteiger partial charge < -0.3 is 9.64 Å². The van der Waals surface area contributed by atoms with Crippen LogP contribution in [0.5, 0.6) is 0 Å². The van der Waals surface area contributed by atoms with Crippen LogP contribution in [0.1, 0.15) is 34.8 Å². The van der Waals surface area contributed by atoms with Gasteiger partial charge in [-0.1, -0.05) is 5.92 Å². The van der Waals surface area contributed by atoms with Gasteiger partial charge in [-0.05, 0) is 31.9 Å². The maximum absolute atomic E-state index is 14.5. The molecule has 4 nitrogen and oxygen atoms in total. The number of morpholine rings is 1. The van der Waals surface area contributed by atoms with Crippen molar-refractivity contribution in [2.45, 2.75) is 26.1 Å². The van der Waals surface area contributed by atoms with Gasteiger partial charge in [0.15, 0.2) is 11.3 Å². The molecule has 0 saturated carbocycles. The molecule has 0 aliphatic carbocycles. The molecule has 0 spiro atoms.